The van der Waals surface area contributed by atoms with E-state index in [0.717, 1.165) is 32.4 Å². The first-order valence-electron chi connectivity index (χ1n) is 6.78. The van der Waals surface area contributed by atoms with Gasteiger partial charge < -0.3 is 14.6 Å². The van der Waals surface area contributed by atoms with Crippen molar-refractivity contribution in [1.29, 1.82) is 0 Å². The van der Waals surface area contributed by atoms with Crippen molar-refractivity contribution in [1.82, 2.24) is 9.47 Å². The largest absolute Gasteiger partial charge is 0.477 e. The van der Waals surface area contributed by atoms with E-state index in [-0.39, 0.29) is 18.1 Å². The highest BCUT2D eigenvalue weighted by atomic mass is 16.4. The minimum Gasteiger partial charge on any atom is -0.477 e. The summed E-state index contributed by atoms with van der Waals surface area (Å²) in [5.74, 6) is -0.377. The van der Waals surface area contributed by atoms with Crippen LogP contribution < -0.4 is 0 Å². The lowest BCUT2D eigenvalue weighted by Crippen LogP contribution is -2.32. The average molecular weight is 264 g/mol. The van der Waals surface area contributed by atoms with Crippen LogP contribution in [0.4, 0.5) is 0 Å². The van der Waals surface area contributed by atoms with Gasteiger partial charge in [-0.2, -0.15) is 0 Å². The van der Waals surface area contributed by atoms with Crippen molar-refractivity contribution < 1.29 is 14.7 Å². The third-order valence-corrected chi connectivity index (χ3v) is 3.69. The second-order valence-electron chi connectivity index (χ2n) is 5.11. The maximum atomic E-state index is 12.1. The van der Waals surface area contributed by atoms with Crippen LogP contribution in [-0.2, 0) is 11.3 Å². The molecule has 1 atom stereocenters. The van der Waals surface area contributed by atoms with Crippen molar-refractivity contribution >= 4 is 11.9 Å². The van der Waals surface area contributed by atoms with Crippen molar-refractivity contribution in [2.45, 2.75) is 32.7 Å². The number of nitrogens with zero attached hydrogens (tertiary/aromatic N) is 2. The lowest BCUT2D eigenvalue weighted by atomic mass is 10.0. The van der Waals surface area contributed by atoms with Crippen LogP contribution in [0.15, 0.2) is 18.3 Å². The summed E-state index contributed by atoms with van der Waals surface area (Å²) in [4.78, 5) is 25.0. The van der Waals surface area contributed by atoms with Gasteiger partial charge in [0.1, 0.15) is 12.2 Å². The maximum absolute atomic E-state index is 12.1. The van der Waals surface area contributed by atoms with Crippen LogP contribution in [0, 0.1) is 5.92 Å². The normalized spacial score (nSPS) is 18.8. The van der Waals surface area contributed by atoms with Crippen LogP contribution >= 0.6 is 0 Å². The molecule has 0 saturated carbocycles. The number of rotatable bonds is 5. The quantitative estimate of drug-likeness (QED) is 0.882. The molecule has 5 nitrogen and oxygen atoms in total. The number of amides is 1. The van der Waals surface area contributed by atoms with Crippen molar-refractivity contribution in [3.63, 3.8) is 0 Å². The summed E-state index contributed by atoms with van der Waals surface area (Å²) in [6.45, 7) is 3.89. The number of aromatic carboxylic acids is 1. The molecule has 0 aliphatic carbocycles. The summed E-state index contributed by atoms with van der Waals surface area (Å²) in [6.07, 6.45) is 5.01. The van der Waals surface area contributed by atoms with Crippen LogP contribution in [0.1, 0.15) is 36.7 Å². The summed E-state index contributed by atoms with van der Waals surface area (Å²) in [5.41, 5.74) is 0.164. The molecular weight excluding hydrogens is 244 g/mol. The molecule has 1 fully saturated rings. The number of aromatic nitrogens is 1. The van der Waals surface area contributed by atoms with E-state index in [1.807, 2.05) is 4.90 Å². The van der Waals surface area contributed by atoms with E-state index in [4.69, 9.17) is 5.11 Å². The van der Waals surface area contributed by atoms with Crippen LogP contribution in [0.5, 0.6) is 0 Å². The van der Waals surface area contributed by atoms with Crippen LogP contribution in [0.3, 0.4) is 0 Å². The zero-order valence-electron chi connectivity index (χ0n) is 11.2. The molecule has 0 aromatic carbocycles. The molecule has 5 heteroatoms. The molecule has 1 aliphatic heterocycles. The Morgan fingerprint density at radius 1 is 1.47 bits per heavy atom. The molecule has 2 rings (SSSR count). The van der Waals surface area contributed by atoms with Crippen molar-refractivity contribution in [3.8, 4) is 0 Å². The van der Waals surface area contributed by atoms with E-state index in [2.05, 4.69) is 6.92 Å². The average Bonchev–Trinajstić information content (AvgIpc) is 2.98. The Morgan fingerprint density at radius 2 is 2.26 bits per heavy atom. The Balaban J connectivity index is 1.94. The minimum absolute atomic E-state index is 0.0114. The highest BCUT2D eigenvalue weighted by Crippen LogP contribution is 2.21. The first kappa shape index (κ1) is 13.6. The monoisotopic (exact) mass is 264 g/mol. The Kier molecular flexibility index (Phi) is 4.24. The maximum Gasteiger partial charge on any atom is 0.352 e. The van der Waals surface area contributed by atoms with Gasteiger partial charge in [0, 0.05) is 19.3 Å². The fourth-order valence-corrected chi connectivity index (χ4v) is 2.69. The van der Waals surface area contributed by atoms with Crippen LogP contribution in [0.25, 0.3) is 0 Å². The van der Waals surface area contributed by atoms with E-state index in [1.54, 1.807) is 12.3 Å². The molecule has 2 heterocycles. The summed E-state index contributed by atoms with van der Waals surface area (Å²) >= 11 is 0. The molecule has 1 amide bonds. The molecule has 0 spiro atoms. The Hall–Kier alpha value is -1.78. The zero-order chi connectivity index (χ0) is 13.8. The molecule has 104 valence electrons. The molecule has 1 unspecified atom stereocenters. The van der Waals surface area contributed by atoms with Crippen molar-refractivity contribution in [3.05, 3.63) is 24.0 Å². The molecule has 0 radical (unpaired) electrons. The second kappa shape index (κ2) is 5.91. The third kappa shape index (κ3) is 3.16. The first-order chi connectivity index (χ1) is 9.11. The van der Waals surface area contributed by atoms with Gasteiger partial charge in [-0.25, -0.2) is 4.79 Å². The van der Waals surface area contributed by atoms with Crippen LogP contribution in [-0.4, -0.2) is 39.5 Å². The van der Waals surface area contributed by atoms with Gasteiger partial charge in [-0.05, 0) is 30.9 Å². The lowest BCUT2D eigenvalue weighted by Gasteiger charge is -2.17. The predicted octanol–water partition coefficient (Wildman–Crippen LogP) is 1.83. The number of carboxylic acids is 1. The van der Waals surface area contributed by atoms with E-state index in [1.165, 1.54) is 10.6 Å². The van der Waals surface area contributed by atoms with E-state index >= 15 is 0 Å². The van der Waals surface area contributed by atoms with Crippen LogP contribution in [0.2, 0.25) is 0 Å². The van der Waals surface area contributed by atoms with Gasteiger partial charge in [0.2, 0.25) is 5.91 Å². The van der Waals surface area contributed by atoms with Gasteiger partial charge in [0.25, 0.3) is 0 Å². The smallest absolute Gasteiger partial charge is 0.352 e. The molecule has 1 aromatic heterocycles. The number of likely N-dealkylation sites (tertiary alicyclic amines) is 1. The summed E-state index contributed by atoms with van der Waals surface area (Å²) in [5, 5.41) is 9.00. The zero-order valence-corrected chi connectivity index (χ0v) is 11.2. The molecule has 19 heavy (non-hydrogen) atoms. The highest BCUT2D eigenvalue weighted by molar-refractivity contribution is 5.87. The SMILES string of the molecule is CCCC1CCN(C(=O)Cn2cccc2C(=O)O)C1. The number of carbonyl (C=O) groups is 2. The topological polar surface area (TPSA) is 62.5 Å². The summed E-state index contributed by atoms with van der Waals surface area (Å²) < 4.78 is 1.50. The molecular formula is C14H20N2O3. The van der Waals surface area contributed by atoms with Crippen molar-refractivity contribution in [2.75, 3.05) is 13.1 Å². The van der Waals surface area contributed by atoms with Gasteiger partial charge >= 0.3 is 5.97 Å². The molecule has 1 aliphatic rings. The van der Waals surface area contributed by atoms with Gasteiger partial charge in [0.15, 0.2) is 0 Å². The summed E-state index contributed by atoms with van der Waals surface area (Å²) in [6, 6.07) is 3.17. The fourth-order valence-electron chi connectivity index (χ4n) is 2.69. The molecule has 1 N–H and O–H groups in total. The molecule has 1 aromatic rings. The standard InChI is InChI=1S/C14H20N2O3/c1-2-4-11-6-8-16(9-11)13(17)10-15-7-3-5-12(15)14(18)19/h3,5,7,11H,2,4,6,8-10H2,1H3,(H,18,19). The van der Waals surface area contributed by atoms with Gasteiger partial charge in [0.05, 0.1) is 0 Å². The van der Waals surface area contributed by atoms with Gasteiger partial charge in [-0.1, -0.05) is 13.3 Å². The van der Waals surface area contributed by atoms with E-state index in [0.29, 0.717) is 5.92 Å². The van der Waals surface area contributed by atoms with E-state index < -0.39 is 5.97 Å². The van der Waals surface area contributed by atoms with E-state index in [9.17, 15) is 9.59 Å². The van der Waals surface area contributed by atoms with Crippen molar-refractivity contribution in [2.24, 2.45) is 5.92 Å². The Morgan fingerprint density at radius 3 is 2.95 bits per heavy atom. The Bertz CT molecular complexity index is 467. The predicted molar refractivity (Wildman–Crippen MR) is 71.0 cm³/mol. The van der Waals surface area contributed by atoms with Gasteiger partial charge in [-0.3, -0.25) is 4.79 Å². The lowest BCUT2D eigenvalue weighted by molar-refractivity contribution is -0.130. The Labute approximate surface area is 112 Å². The molecule has 1 saturated heterocycles. The van der Waals surface area contributed by atoms with Gasteiger partial charge in [-0.15, -0.1) is 0 Å². The second-order valence-corrected chi connectivity index (χ2v) is 5.11. The highest BCUT2D eigenvalue weighted by Gasteiger charge is 2.26. The number of carboxylic acid groups (broad SMARTS) is 1. The third-order valence-electron chi connectivity index (χ3n) is 3.69. The minimum atomic E-state index is -0.997. The molecule has 0 bridgehead atoms. The number of hydrogen-bond donors (Lipinski definition) is 1. The number of hydrogen-bond acceptors (Lipinski definition) is 2. The summed E-state index contributed by atoms with van der Waals surface area (Å²) in [7, 11) is 0. The first-order valence-corrected chi connectivity index (χ1v) is 6.78. The number of carbonyl (C=O) groups excluding carboxylic acids is 1. The fraction of sp³-hybridized carbons (Fsp3) is 0.571.